The van der Waals surface area contributed by atoms with Gasteiger partial charge in [-0.25, -0.2) is 9.97 Å². The molecule has 2 nitrogen and oxygen atoms in total. The van der Waals surface area contributed by atoms with Crippen molar-refractivity contribution < 1.29 is 11.5 Å². The van der Waals surface area contributed by atoms with E-state index in [9.17, 15) is 8.78 Å². The van der Waals surface area contributed by atoms with Gasteiger partial charge in [-0.1, -0.05) is 0 Å². The normalized spacial score (nSPS) is 12.8. The Bertz CT molecular complexity index is 215. The van der Waals surface area contributed by atoms with Crippen molar-refractivity contribution >= 4 is 0 Å². The van der Waals surface area contributed by atoms with Crippen LogP contribution in [0.5, 0.6) is 0 Å². The molecule has 1 aromatic heterocycles. The van der Waals surface area contributed by atoms with Gasteiger partial charge in [-0.05, 0) is 0 Å². The fraction of sp³-hybridized carbons (Fsp3) is 0. The van der Waals surface area contributed by atoms with E-state index in [1.54, 1.807) is 0 Å². The Balaban J connectivity index is 3.28. The van der Waals surface area contributed by atoms with Crippen molar-refractivity contribution in [1.29, 1.82) is 0 Å². The van der Waals surface area contributed by atoms with Crippen LogP contribution in [0, 0.1) is 11.9 Å². The van der Waals surface area contributed by atoms with Gasteiger partial charge in [0, 0.05) is 0 Å². The van der Waals surface area contributed by atoms with E-state index >= 15 is 0 Å². The zero-order chi connectivity index (χ0) is 7.72. The first-order chi connectivity index (χ1) is 4.61. The van der Waals surface area contributed by atoms with E-state index in [4.69, 9.17) is 2.74 Å². The molecule has 0 aliphatic carbocycles. The quantitative estimate of drug-likeness (QED) is 0.502. The van der Waals surface area contributed by atoms with E-state index < -0.39 is 24.2 Å². The second-order valence-electron chi connectivity index (χ2n) is 1.03. The minimum absolute atomic E-state index is 0.881. The van der Waals surface area contributed by atoms with Crippen molar-refractivity contribution in [3.05, 3.63) is 24.2 Å². The van der Waals surface area contributed by atoms with Gasteiger partial charge in [0.05, 0.1) is 15.1 Å². The third kappa shape index (κ3) is 0.959. The molecule has 8 heavy (non-hydrogen) atoms. The molecule has 0 bridgehead atoms. The van der Waals surface area contributed by atoms with Crippen molar-refractivity contribution in [3.63, 3.8) is 0 Å². The van der Waals surface area contributed by atoms with Gasteiger partial charge >= 0.3 is 0 Å². The van der Waals surface area contributed by atoms with E-state index in [1.165, 1.54) is 0 Å². The molecule has 4 heteroatoms. The smallest absolute Gasteiger partial charge is 0.222 e. The highest BCUT2D eigenvalue weighted by atomic mass is 19.1. The molecule has 42 valence electrons. The molecule has 0 aliphatic rings. The van der Waals surface area contributed by atoms with Crippen LogP contribution in [0.25, 0.3) is 0 Å². The van der Waals surface area contributed by atoms with Crippen molar-refractivity contribution in [2.24, 2.45) is 0 Å². The van der Waals surface area contributed by atoms with Crippen molar-refractivity contribution in [2.75, 3.05) is 0 Å². The van der Waals surface area contributed by atoms with Crippen LogP contribution in [0.4, 0.5) is 8.78 Å². The van der Waals surface area contributed by atoms with Gasteiger partial charge < -0.3 is 0 Å². The predicted molar refractivity (Wildman–Crippen MR) is 21.9 cm³/mol. The summed E-state index contributed by atoms with van der Waals surface area (Å²) in [5.41, 5.74) is 0. The molecule has 1 aromatic rings. The molecule has 0 aromatic carbocycles. The molecule has 1 heterocycles. The Morgan fingerprint density at radius 3 is 2.00 bits per heavy atom. The van der Waals surface area contributed by atoms with Crippen molar-refractivity contribution in [1.82, 2.24) is 9.97 Å². The molecule has 0 saturated heterocycles. The van der Waals surface area contributed by atoms with Gasteiger partial charge in [-0.2, -0.15) is 8.78 Å². The summed E-state index contributed by atoms with van der Waals surface area (Å²) in [6.07, 6.45) is -1.76. The van der Waals surface area contributed by atoms with Crippen LogP contribution in [-0.4, -0.2) is 9.97 Å². The first-order valence-electron chi connectivity index (χ1n) is 2.77. The van der Waals surface area contributed by atoms with Crippen LogP contribution in [0.15, 0.2) is 12.3 Å². The van der Waals surface area contributed by atoms with Crippen LogP contribution in [0.1, 0.15) is 2.74 Å². The average molecular weight is 118 g/mol. The molecule has 0 N–H and O–H groups in total. The number of nitrogens with zero attached hydrogens (tertiary/aromatic N) is 2. The van der Waals surface area contributed by atoms with Crippen LogP contribution in [-0.2, 0) is 0 Å². The number of rotatable bonds is 0. The highest BCUT2D eigenvalue weighted by molar-refractivity contribution is 4.78. The lowest BCUT2D eigenvalue weighted by Gasteiger charge is -1.82. The Kier molecular flexibility index (Phi) is 0.695. The Hall–Kier alpha value is -1.06. The molecule has 0 unspecified atom stereocenters. The number of halogens is 2. The van der Waals surface area contributed by atoms with E-state index in [0.29, 0.717) is 0 Å². The molecule has 0 fully saturated rings. The van der Waals surface area contributed by atoms with Gasteiger partial charge in [0.2, 0.25) is 11.9 Å². The summed E-state index contributed by atoms with van der Waals surface area (Å²) in [5.74, 6) is -2.46. The lowest BCUT2D eigenvalue weighted by Crippen LogP contribution is -1.86. The highest BCUT2D eigenvalue weighted by Gasteiger charge is 1.89. The monoisotopic (exact) mass is 118 g/mol. The molecule has 0 radical (unpaired) electrons. The molecule has 0 aliphatic heterocycles. The summed E-state index contributed by atoms with van der Waals surface area (Å²) in [6, 6.07) is 0. The second kappa shape index (κ2) is 1.81. The lowest BCUT2D eigenvalue weighted by molar-refractivity contribution is 0.528. The van der Waals surface area contributed by atoms with Crippen LogP contribution in [0.2, 0.25) is 0 Å². The predicted octanol–water partition coefficient (Wildman–Crippen LogP) is 0.755. The fourth-order valence-corrected chi connectivity index (χ4v) is 0.240. The maximum absolute atomic E-state index is 12.1. The van der Waals surface area contributed by atoms with Gasteiger partial charge in [0.25, 0.3) is 0 Å². The summed E-state index contributed by atoms with van der Waals surface area (Å²) < 4.78 is 37.4. The molecule has 0 atom stereocenters. The molecular formula is C4H2F2N2. The van der Waals surface area contributed by atoms with Gasteiger partial charge in [-0.3, -0.25) is 0 Å². The third-order valence-electron chi connectivity index (χ3n) is 0.493. The van der Waals surface area contributed by atoms with Crippen molar-refractivity contribution in [2.45, 2.75) is 0 Å². The number of hydrogen-bond acceptors (Lipinski definition) is 2. The van der Waals surface area contributed by atoms with Crippen LogP contribution >= 0.6 is 0 Å². The second-order valence-corrected chi connectivity index (χ2v) is 1.03. The minimum Gasteiger partial charge on any atom is -0.222 e. The molecular weight excluding hydrogens is 114 g/mol. The Morgan fingerprint density at radius 2 is 1.62 bits per heavy atom. The zero-order valence-electron chi connectivity index (χ0n) is 5.65. The number of hydrogen-bond donors (Lipinski definition) is 0. The summed E-state index contributed by atoms with van der Waals surface area (Å²) >= 11 is 0. The zero-order valence-corrected chi connectivity index (χ0v) is 3.65. The van der Waals surface area contributed by atoms with Crippen molar-refractivity contribution in [3.8, 4) is 0 Å². The van der Waals surface area contributed by atoms with Gasteiger partial charge in [-0.15, -0.1) is 0 Å². The van der Waals surface area contributed by atoms with Crippen LogP contribution in [0.3, 0.4) is 0 Å². The number of aromatic nitrogens is 2. The first kappa shape index (κ1) is 3.06. The molecule has 1 rings (SSSR count). The Labute approximate surface area is 47.0 Å². The van der Waals surface area contributed by atoms with Crippen LogP contribution < -0.4 is 0 Å². The summed E-state index contributed by atoms with van der Waals surface area (Å²) in [4.78, 5) is 5.50. The topological polar surface area (TPSA) is 25.8 Å². The lowest BCUT2D eigenvalue weighted by atomic mass is 10.7. The summed E-state index contributed by atoms with van der Waals surface area (Å²) in [7, 11) is 0. The van der Waals surface area contributed by atoms with E-state index in [1.807, 2.05) is 0 Å². The maximum Gasteiger partial charge on any atom is 0.231 e. The van der Waals surface area contributed by atoms with Gasteiger partial charge in [0.15, 0.2) is 0 Å². The van der Waals surface area contributed by atoms with Gasteiger partial charge in [0.1, 0.15) is 0 Å². The van der Waals surface area contributed by atoms with E-state index in [-0.39, 0.29) is 0 Å². The maximum atomic E-state index is 12.1. The first-order valence-corrected chi connectivity index (χ1v) is 1.77. The van der Waals surface area contributed by atoms with E-state index in [0.717, 1.165) is 0 Å². The van der Waals surface area contributed by atoms with E-state index in [2.05, 4.69) is 9.97 Å². The highest BCUT2D eigenvalue weighted by Crippen LogP contribution is 1.88. The third-order valence-corrected chi connectivity index (χ3v) is 0.493. The largest absolute Gasteiger partial charge is 0.231 e. The fourth-order valence-electron chi connectivity index (χ4n) is 0.240. The molecule has 0 saturated carbocycles. The minimum atomic E-state index is -1.23. The summed E-state index contributed by atoms with van der Waals surface area (Å²) in [5, 5.41) is 0. The standard InChI is InChI=1S/C4H2F2N2/c5-3-1-7-4(6)2-8-3/h1-2H/i1D,2D. The summed E-state index contributed by atoms with van der Waals surface area (Å²) in [6.45, 7) is 0. The molecule has 0 amide bonds. The molecule has 0 spiro atoms. The average Bonchev–Trinajstić information content (AvgIpc) is 1.84. The Morgan fingerprint density at radius 1 is 1.25 bits per heavy atom. The SMILES string of the molecule is [2H]c1nc(F)c([2H])nc1F.